The van der Waals surface area contributed by atoms with Gasteiger partial charge in [0.15, 0.2) is 0 Å². The number of benzene rings is 3. The van der Waals surface area contributed by atoms with Crippen LogP contribution in [-0.2, 0) is 16.0 Å². The van der Waals surface area contributed by atoms with Crippen LogP contribution in [0.1, 0.15) is 72.3 Å². The molecule has 0 spiro atoms. The van der Waals surface area contributed by atoms with Crippen LogP contribution in [0.15, 0.2) is 103 Å². The zero-order valence-corrected chi connectivity index (χ0v) is 23.4. The summed E-state index contributed by atoms with van der Waals surface area (Å²) in [6.07, 6.45) is 10.6. The van der Waals surface area contributed by atoms with Gasteiger partial charge in [0.25, 0.3) is 5.91 Å². The van der Waals surface area contributed by atoms with E-state index in [-0.39, 0.29) is 29.7 Å². The molecule has 3 atom stereocenters. The van der Waals surface area contributed by atoms with Crippen molar-refractivity contribution in [1.29, 1.82) is 0 Å². The molecule has 3 amide bonds. The Morgan fingerprint density at radius 2 is 1.41 bits per heavy atom. The monoisotopic (exact) mass is 549 g/mol. The molecule has 2 aliphatic carbocycles. The standard InChI is InChI=1S/C35H39N3O3/c39-32(28-19-9-3-10-20-28)38-35(24-14-13-23-30(35)27-17-7-2-8-18-27)34(41)37-31(25-26-15-5-1-6-16-26)33(40)36-29-21-11-4-12-22-29/h1-3,5-10,13-20,29-31H,4,11-12,21-25H2,(H,36,40)(H,37,41)(H,38,39)/t30-,31-,35-/m0/s1. The molecule has 6 heteroatoms. The molecule has 3 N–H and O–H groups in total. The van der Waals surface area contributed by atoms with E-state index in [2.05, 4.69) is 22.0 Å². The molecule has 0 heterocycles. The number of allylic oxidation sites excluding steroid dienone is 1. The first-order chi connectivity index (χ1) is 20.0. The largest absolute Gasteiger partial charge is 0.352 e. The molecule has 2 aliphatic rings. The number of nitrogens with one attached hydrogen (secondary N) is 3. The summed E-state index contributed by atoms with van der Waals surface area (Å²) in [6.45, 7) is 0. The Bertz CT molecular complexity index is 1340. The molecule has 5 rings (SSSR count). The van der Waals surface area contributed by atoms with E-state index >= 15 is 0 Å². The van der Waals surface area contributed by atoms with Crippen LogP contribution in [0.3, 0.4) is 0 Å². The Morgan fingerprint density at radius 1 is 0.780 bits per heavy atom. The average Bonchev–Trinajstić information content (AvgIpc) is 3.02. The molecule has 0 bridgehead atoms. The summed E-state index contributed by atoms with van der Waals surface area (Å²) in [5, 5.41) is 9.49. The summed E-state index contributed by atoms with van der Waals surface area (Å²) < 4.78 is 0. The van der Waals surface area contributed by atoms with Crippen molar-refractivity contribution in [3.05, 3.63) is 120 Å². The third-order valence-electron chi connectivity index (χ3n) is 8.41. The fourth-order valence-electron chi connectivity index (χ4n) is 6.16. The second-order valence-electron chi connectivity index (χ2n) is 11.2. The van der Waals surface area contributed by atoms with Crippen LogP contribution in [0.4, 0.5) is 0 Å². The summed E-state index contributed by atoms with van der Waals surface area (Å²) in [4.78, 5) is 41.8. The maximum Gasteiger partial charge on any atom is 0.252 e. The van der Waals surface area contributed by atoms with Gasteiger partial charge < -0.3 is 16.0 Å². The SMILES string of the molecule is O=C(N[C@@]1(C(=O)N[C@@H](Cc2ccccc2)C(=O)NC2CCCCC2)CC=CC[C@H]1c1ccccc1)c1ccccc1. The Morgan fingerprint density at radius 3 is 2.10 bits per heavy atom. The molecule has 0 aliphatic heterocycles. The number of hydrogen-bond donors (Lipinski definition) is 3. The van der Waals surface area contributed by atoms with Crippen LogP contribution in [0.2, 0.25) is 0 Å². The third-order valence-corrected chi connectivity index (χ3v) is 8.41. The fourth-order valence-corrected chi connectivity index (χ4v) is 6.16. The van der Waals surface area contributed by atoms with Crippen molar-refractivity contribution >= 4 is 17.7 Å². The first-order valence-electron chi connectivity index (χ1n) is 14.8. The number of amides is 3. The van der Waals surface area contributed by atoms with Gasteiger partial charge in [-0.25, -0.2) is 0 Å². The van der Waals surface area contributed by atoms with Crippen LogP contribution in [-0.4, -0.2) is 35.3 Å². The lowest BCUT2D eigenvalue weighted by molar-refractivity contribution is -0.133. The Hall–Kier alpha value is -4.19. The van der Waals surface area contributed by atoms with E-state index in [0.717, 1.165) is 36.8 Å². The molecule has 0 unspecified atom stereocenters. The van der Waals surface area contributed by atoms with E-state index in [0.29, 0.717) is 24.8 Å². The second kappa shape index (κ2) is 13.4. The van der Waals surface area contributed by atoms with Crippen LogP contribution in [0, 0.1) is 0 Å². The molecule has 1 fully saturated rings. The third kappa shape index (κ3) is 6.94. The highest BCUT2D eigenvalue weighted by molar-refractivity contribution is 6.01. The summed E-state index contributed by atoms with van der Waals surface area (Å²) in [5.74, 6) is -1.15. The first kappa shape index (κ1) is 28.3. The highest BCUT2D eigenvalue weighted by atomic mass is 16.2. The molecule has 212 valence electrons. The number of carbonyl (C=O) groups excluding carboxylic acids is 3. The van der Waals surface area contributed by atoms with Gasteiger partial charge in [-0.2, -0.15) is 0 Å². The normalized spacial score (nSPS) is 21.4. The van der Waals surface area contributed by atoms with Crippen LogP contribution >= 0.6 is 0 Å². The number of hydrogen-bond acceptors (Lipinski definition) is 3. The van der Waals surface area contributed by atoms with Crippen molar-refractivity contribution < 1.29 is 14.4 Å². The van der Waals surface area contributed by atoms with E-state index in [4.69, 9.17) is 0 Å². The summed E-state index contributed by atoms with van der Waals surface area (Å²) in [6, 6.07) is 27.9. The van der Waals surface area contributed by atoms with Gasteiger partial charge in [0.2, 0.25) is 11.8 Å². The molecule has 0 saturated heterocycles. The molecule has 41 heavy (non-hydrogen) atoms. The first-order valence-corrected chi connectivity index (χ1v) is 14.8. The minimum Gasteiger partial charge on any atom is -0.352 e. The van der Waals surface area contributed by atoms with Crippen molar-refractivity contribution in [3.8, 4) is 0 Å². The zero-order valence-electron chi connectivity index (χ0n) is 23.4. The van der Waals surface area contributed by atoms with E-state index in [1.807, 2.05) is 84.9 Å². The average molecular weight is 550 g/mol. The highest BCUT2D eigenvalue weighted by Crippen LogP contribution is 2.39. The van der Waals surface area contributed by atoms with Gasteiger partial charge in [0.05, 0.1) is 0 Å². The molecule has 3 aromatic rings. The van der Waals surface area contributed by atoms with Crippen molar-refractivity contribution in [2.45, 2.75) is 74.9 Å². The van der Waals surface area contributed by atoms with E-state index in [1.165, 1.54) is 6.42 Å². The molecule has 1 saturated carbocycles. The molecular weight excluding hydrogens is 510 g/mol. The summed E-state index contributed by atoms with van der Waals surface area (Å²) in [7, 11) is 0. The van der Waals surface area contributed by atoms with Gasteiger partial charge in [0, 0.05) is 23.9 Å². The Balaban J connectivity index is 1.47. The summed E-state index contributed by atoms with van der Waals surface area (Å²) in [5.41, 5.74) is 1.13. The fraction of sp³-hybridized carbons (Fsp3) is 0.343. The molecular formula is C35H39N3O3. The zero-order chi connectivity index (χ0) is 28.5. The Kier molecular flexibility index (Phi) is 9.29. The van der Waals surface area contributed by atoms with E-state index in [9.17, 15) is 14.4 Å². The highest BCUT2D eigenvalue weighted by Gasteiger charge is 2.48. The lowest BCUT2D eigenvalue weighted by Crippen LogP contribution is -2.65. The minimum absolute atomic E-state index is 0.118. The van der Waals surface area contributed by atoms with Crippen LogP contribution in [0.5, 0.6) is 0 Å². The van der Waals surface area contributed by atoms with Crippen molar-refractivity contribution in [2.75, 3.05) is 0 Å². The molecule has 0 aromatic heterocycles. The minimum atomic E-state index is -1.27. The van der Waals surface area contributed by atoms with Gasteiger partial charge >= 0.3 is 0 Å². The van der Waals surface area contributed by atoms with Crippen LogP contribution < -0.4 is 16.0 Å². The second-order valence-corrected chi connectivity index (χ2v) is 11.2. The lowest BCUT2D eigenvalue weighted by atomic mass is 9.71. The van der Waals surface area contributed by atoms with Crippen molar-refractivity contribution in [1.82, 2.24) is 16.0 Å². The topological polar surface area (TPSA) is 87.3 Å². The number of carbonyl (C=O) groups is 3. The maximum atomic E-state index is 14.5. The maximum absolute atomic E-state index is 14.5. The molecule has 3 aromatic carbocycles. The number of rotatable bonds is 9. The van der Waals surface area contributed by atoms with Gasteiger partial charge in [-0.1, -0.05) is 110 Å². The van der Waals surface area contributed by atoms with E-state index < -0.39 is 11.6 Å². The van der Waals surface area contributed by atoms with Crippen molar-refractivity contribution in [2.24, 2.45) is 0 Å². The van der Waals surface area contributed by atoms with Gasteiger partial charge in [-0.3, -0.25) is 14.4 Å². The lowest BCUT2D eigenvalue weighted by Gasteiger charge is -2.42. The molecule has 6 nitrogen and oxygen atoms in total. The van der Waals surface area contributed by atoms with Gasteiger partial charge in [0.1, 0.15) is 11.6 Å². The Labute approximate surface area is 242 Å². The predicted molar refractivity (Wildman–Crippen MR) is 161 cm³/mol. The smallest absolute Gasteiger partial charge is 0.252 e. The van der Waals surface area contributed by atoms with E-state index in [1.54, 1.807) is 12.1 Å². The molecule has 0 radical (unpaired) electrons. The van der Waals surface area contributed by atoms with Gasteiger partial charge in [-0.15, -0.1) is 0 Å². The summed E-state index contributed by atoms with van der Waals surface area (Å²) >= 11 is 0. The van der Waals surface area contributed by atoms with Crippen molar-refractivity contribution in [3.63, 3.8) is 0 Å². The predicted octanol–water partition coefficient (Wildman–Crippen LogP) is 5.47. The quantitative estimate of drug-likeness (QED) is 0.310. The van der Waals surface area contributed by atoms with Crippen LogP contribution in [0.25, 0.3) is 0 Å². The van der Waals surface area contributed by atoms with Gasteiger partial charge in [-0.05, 0) is 48.9 Å².